The highest BCUT2D eigenvalue weighted by molar-refractivity contribution is 7.92. The zero-order chi connectivity index (χ0) is 17.6. The molecule has 0 aliphatic heterocycles. The van der Waals surface area contributed by atoms with E-state index in [0.717, 1.165) is 16.1 Å². The van der Waals surface area contributed by atoms with E-state index in [4.69, 9.17) is 0 Å². The lowest BCUT2D eigenvalue weighted by molar-refractivity contribution is -0.128. The highest BCUT2D eigenvalue weighted by Crippen LogP contribution is 2.16. The molecule has 1 aromatic carbocycles. The third-order valence-electron chi connectivity index (χ3n) is 3.63. The Morgan fingerprint density at radius 1 is 1.08 bits per heavy atom. The van der Waals surface area contributed by atoms with Crippen molar-refractivity contribution in [2.45, 2.75) is 6.42 Å². The van der Waals surface area contributed by atoms with Crippen molar-refractivity contribution in [1.29, 1.82) is 0 Å². The molecule has 0 spiro atoms. The van der Waals surface area contributed by atoms with E-state index in [1.807, 2.05) is 12.1 Å². The van der Waals surface area contributed by atoms with Crippen LogP contribution in [0.4, 0.5) is 5.69 Å². The Balaban J connectivity index is 2.02. The molecule has 1 aromatic heterocycles. The van der Waals surface area contributed by atoms with Gasteiger partial charge in [-0.3, -0.25) is 14.1 Å². The number of hydrogen-bond donors (Lipinski definition) is 0. The first-order valence-electron chi connectivity index (χ1n) is 7.53. The molecule has 1 heterocycles. The fraction of sp³-hybridized carbons (Fsp3) is 0.294. The van der Waals surface area contributed by atoms with Gasteiger partial charge in [0.15, 0.2) is 0 Å². The Hall–Kier alpha value is -2.41. The standard InChI is InChI=1S/C17H21N3O3S/c1-19(13-10-15-8-11-18-12-9-15)17(21)14-20(24(2,22)23)16-6-4-3-5-7-16/h3-9,11-12H,10,13-14H2,1-2H3. The van der Waals surface area contributed by atoms with Gasteiger partial charge in [0.2, 0.25) is 15.9 Å². The smallest absolute Gasteiger partial charge is 0.243 e. The van der Waals surface area contributed by atoms with Gasteiger partial charge in [-0.2, -0.15) is 0 Å². The van der Waals surface area contributed by atoms with Crippen LogP contribution in [0.2, 0.25) is 0 Å². The maximum atomic E-state index is 12.4. The molecule has 0 fully saturated rings. The predicted octanol–water partition coefficient (Wildman–Crippen LogP) is 1.55. The van der Waals surface area contributed by atoms with Gasteiger partial charge in [0.05, 0.1) is 11.9 Å². The van der Waals surface area contributed by atoms with E-state index >= 15 is 0 Å². The molecule has 0 saturated heterocycles. The number of nitrogens with zero attached hydrogens (tertiary/aromatic N) is 3. The third kappa shape index (κ3) is 5.06. The molecular formula is C17H21N3O3S. The summed E-state index contributed by atoms with van der Waals surface area (Å²) in [5, 5.41) is 0. The van der Waals surface area contributed by atoms with Crippen LogP contribution in [0.25, 0.3) is 0 Å². The van der Waals surface area contributed by atoms with Crippen molar-refractivity contribution in [3.8, 4) is 0 Å². The Kier molecular flexibility index (Phi) is 5.92. The fourth-order valence-corrected chi connectivity index (χ4v) is 3.06. The minimum atomic E-state index is -3.54. The molecule has 0 radical (unpaired) electrons. The minimum absolute atomic E-state index is 0.213. The van der Waals surface area contributed by atoms with Crippen LogP contribution < -0.4 is 4.31 Å². The monoisotopic (exact) mass is 347 g/mol. The molecule has 24 heavy (non-hydrogen) atoms. The Morgan fingerprint density at radius 2 is 1.71 bits per heavy atom. The number of carbonyl (C=O) groups excluding carboxylic acids is 1. The van der Waals surface area contributed by atoms with E-state index in [0.29, 0.717) is 18.7 Å². The summed E-state index contributed by atoms with van der Waals surface area (Å²) in [5.74, 6) is -0.252. The molecule has 128 valence electrons. The van der Waals surface area contributed by atoms with Crippen LogP contribution >= 0.6 is 0 Å². The molecule has 0 aliphatic rings. The van der Waals surface area contributed by atoms with E-state index in [9.17, 15) is 13.2 Å². The quantitative estimate of drug-likeness (QED) is 0.762. The molecule has 0 saturated carbocycles. The van der Waals surface area contributed by atoms with Crippen LogP contribution in [-0.2, 0) is 21.2 Å². The predicted molar refractivity (Wildman–Crippen MR) is 94.2 cm³/mol. The van der Waals surface area contributed by atoms with E-state index in [2.05, 4.69) is 4.98 Å². The Morgan fingerprint density at radius 3 is 2.29 bits per heavy atom. The van der Waals surface area contributed by atoms with Gasteiger partial charge in [-0.15, -0.1) is 0 Å². The summed E-state index contributed by atoms with van der Waals surface area (Å²) in [4.78, 5) is 17.9. The summed E-state index contributed by atoms with van der Waals surface area (Å²) < 4.78 is 25.2. The number of aromatic nitrogens is 1. The number of benzene rings is 1. The number of anilines is 1. The second kappa shape index (κ2) is 7.92. The van der Waals surface area contributed by atoms with Gasteiger partial charge in [-0.1, -0.05) is 18.2 Å². The second-order valence-electron chi connectivity index (χ2n) is 5.53. The molecule has 0 aliphatic carbocycles. The normalized spacial score (nSPS) is 11.1. The SMILES string of the molecule is CN(CCc1ccncc1)C(=O)CN(c1ccccc1)S(C)(=O)=O. The van der Waals surface area contributed by atoms with Crippen LogP contribution in [0.3, 0.4) is 0 Å². The first-order chi connectivity index (χ1) is 11.4. The zero-order valence-electron chi connectivity index (χ0n) is 13.8. The number of amides is 1. The number of likely N-dealkylation sites (N-methyl/N-ethyl adjacent to an activating group) is 1. The van der Waals surface area contributed by atoms with E-state index in [1.165, 1.54) is 0 Å². The number of carbonyl (C=O) groups is 1. The summed E-state index contributed by atoms with van der Waals surface area (Å²) in [6.45, 7) is 0.297. The highest BCUT2D eigenvalue weighted by atomic mass is 32.2. The zero-order valence-corrected chi connectivity index (χ0v) is 14.6. The molecule has 0 atom stereocenters. The Labute approximate surface area is 142 Å². The van der Waals surface area contributed by atoms with Crippen LogP contribution in [-0.4, -0.2) is 50.6 Å². The molecule has 2 aromatic rings. The van der Waals surface area contributed by atoms with Crippen molar-refractivity contribution in [2.75, 3.05) is 30.7 Å². The first kappa shape index (κ1) is 17.9. The van der Waals surface area contributed by atoms with Crippen LogP contribution in [0.5, 0.6) is 0 Å². The maximum Gasteiger partial charge on any atom is 0.243 e. The number of hydrogen-bond acceptors (Lipinski definition) is 4. The van der Waals surface area contributed by atoms with E-state index in [-0.39, 0.29) is 12.5 Å². The number of pyridine rings is 1. The molecule has 1 amide bonds. The first-order valence-corrected chi connectivity index (χ1v) is 9.38. The average molecular weight is 347 g/mol. The summed E-state index contributed by atoms with van der Waals surface area (Å²) in [5.41, 5.74) is 1.56. The topological polar surface area (TPSA) is 70.6 Å². The number of rotatable bonds is 7. The van der Waals surface area contributed by atoms with Gasteiger partial charge in [0.25, 0.3) is 0 Å². The van der Waals surface area contributed by atoms with Crippen LogP contribution in [0, 0.1) is 0 Å². The van der Waals surface area contributed by atoms with Gasteiger partial charge >= 0.3 is 0 Å². The molecule has 7 heteroatoms. The van der Waals surface area contributed by atoms with Crippen molar-refractivity contribution in [1.82, 2.24) is 9.88 Å². The third-order valence-corrected chi connectivity index (χ3v) is 4.77. The van der Waals surface area contributed by atoms with Gasteiger partial charge in [-0.25, -0.2) is 8.42 Å². The number of para-hydroxylation sites is 1. The fourth-order valence-electron chi connectivity index (χ4n) is 2.21. The molecule has 0 N–H and O–H groups in total. The van der Waals surface area contributed by atoms with Crippen molar-refractivity contribution < 1.29 is 13.2 Å². The average Bonchev–Trinajstić information content (AvgIpc) is 2.58. The van der Waals surface area contributed by atoms with E-state index in [1.54, 1.807) is 54.7 Å². The lowest BCUT2D eigenvalue weighted by Gasteiger charge is -2.25. The molecule has 2 rings (SSSR count). The largest absolute Gasteiger partial charge is 0.344 e. The van der Waals surface area contributed by atoms with Gasteiger partial charge in [0.1, 0.15) is 6.54 Å². The molecule has 0 unspecified atom stereocenters. The molecular weight excluding hydrogens is 326 g/mol. The van der Waals surface area contributed by atoms with E-state index < -0.39 is 10.0 Å². The van der Waals surface area contributed by atoms with Gasteiger partial charge in [0, 0.05) is 26.0 Å². The molecule has 6 nitrogen and oxygen atoms in total. The van der Waals surface area contributed by atoms with Crippen molar-refractivity contribution >= 4 is 21.6 Å². The summed E-state index contributed by atoms with van der Waals surface area (Å²) >= 11 is 0. The highest BCUT2D eigenvalue weighted by Gasteiger charge is 2.22. The van der Waals surface area contributed by atoms with Gasteiger partial charge in [-0.05, 0) is 36.2 Å². The maximum absolute atomic E-state index is 12.4. The lowest BCUT2D eigenvalue weighted by atomic mass is 10.2. The van der Waals surface area contributed by atoms with Crippen molar-refractivity contribution in [3.63, 3.8) is 0 Å². The summed E-state index contributed by atoms with van der Waals surface area (Å²) in [6, 6.07) is 12.4. The van der Waals surface area contributed by atoms with Crippen LogP contribution in [0.1, 0.15) is 5.56 Å². The van der Waals surface area contributed by atoms with Crippen molar-refractivity contribution in [3.05, 3.63) is 60.4 Å². The van der Waals surface area contributed by atoms with Gasteiger partial charge < -0.3 is 4.90 Å². The van der Waals surface area contributed by atoms with Crippen LogP contribution in [0.15, 0.2) is 54.9 Å². The molecule has 0 bridgehead atoms. The summed E-state index contributed by atoms with van der Waals surface area (Å²) in [6.07, 6.45) is 5.20. The number of sulfonamides is 1. The Bertz CT molecular complexity index is 764. The lowest BCUT2D eigenvalue weighted by Crippen LogP contribution is -2.41. The summed E-state index contributed by atoms with van der Waals surface area (Å²) in [7, 11) is -1.86. The second-order valence-corrected chi connectivity index (χ2v) is 7.43. The van der Waals surface area contributed by atoms with Crippen molar-refractivity contribution in [2.24, 2.45) is 0 Å². The minimum Gasteiger partial charge on any atom is -0.344 e.